The van der Waals surface area contributed by atoms with Crippen molar-refractivity contribution in [1.29, 1.82) is 0 Å². The largest absolute Gasteiger partial charge is 0.455 e. The van der Waals surface area contributed by atoms with Gasteiger partial charge in [-0.3, -0.25) is 4.79 Å². The molecule has 0 saturated carbocycles. The van der Waals surface area contributed by atoms with E-state index in [0.29, 0.717) is 31.3 Å². The molecular formula is C35H60O7. The predicted molar refractivity (Wildman–Crippen MR) is 165 cm³/mol. The van der Waals surface area contributed by atoms with E-state index in [1.165, 1.54) is 57.8 Å². The van der Waals surface area contributed by atoms with Gasteiger partial charge in [0.05, 0.1) is 36.6 Å². The number of Topliss-reactive ketones (excluding diaryl/α,β-unsaturated/α-hetero) is 1. The summed E-state index contributed by atoms with van der Waals surface area (Å²) in [5, 5.41) is 21.2. The maximum atomic E-state index is 12.5. The zero-order valence-corrected chi connectivity index (χ0v) is 26.6. The minimum Gasteiger partial charge on any atom is -0.455 e. The molecule has 7 nitrogen and oxygen atoms in total. The van der Waals surface area contributed by atoms with Crippen molar-refractivity contribution in [2.24, 2.45) is 0 Å². The van der Waals surface area contributed by atoms with Crippen molar-refractivity contribution in [3.05, 3.63) is 11.6 Å². The molecule has 242 valence electrons. The molecule has 42 heavy (non-hydrogen) atoms. The fraction of sp³-hybridized carbons (Fsp3) is 0.886. The minimum atomic E-state index is -0.505. The number of hydrogen-bond acceptors (Lipinski definition) is 7. The summed E-state index contributed by atoms with van der Waals surface area (Å²) < 4.78 is 17.3. The van der Waals surface area contributed by atoms with E-state index in [1.807, 2.05) is 13.0 Å². The second kappa shape index (κ2) is 19.9. The molecule has 2 N–H and O–H groups in total. The van der Waals surface area contributed by atoms with E-state index in [-0.39, 0.29) is 42.3 Å². The zero-order chi connectivity index (χ0) is 30.2. The Bertz CT molecular complexity index is 811. The first-order valence-corrected chi connectivity index (χ1v) is 17.5. The highest BCUT2D eigenvalue weighted by Gasteiger charge is 2.34. The van der Waals surface area contributed by atoms with E-state index >= 15 is 0 Å². The topological polar surface area (TPSA) is 102 Å². The molecular weight excluding hydrogens is 532 g/mol. The molecule has 3 aliphatic heterocycles. The maximum absolute atomic E-state index is 12.5. The summed E-state index contributed by atoms with van der Waals surface area (Å²) in [6.07, 6.45) is 22.2. The summed E-state index contributed by atoms with van der Waals surface area (Å²) in [6.45, 7) is 4.11. The van der Waals surface area contributed by atoms with Gasteiger partial charge in [0.1, 0.15) is 11.9 Å². The molecule has 0 bridgehead atoms. The standard InChI is InChI=1S/C35H60O7/c1-3-4-5-6-7-8-9-10-11-14-17-31(37)33-21-22-34(42-33)32(38)18-15-12-13-16-28(36)25-30-20-19-29(41-30)24-27-23-26(2)40-35(27)39/h23,26,29-34,37-38H,3-22,24-25H2,1-2H3/t26-,29+,30+,31-,32+,33+,34+/m1/s1. The number of hydrogen-bond donors (Lipinski definition) is 2. The highest BCUT2D eigenvalue weighted by atomic mass is 16.5. The summed E-state index contributed by atoms with van der Waals surface area (Å²) >= 11 is 0. The smallest absolute Gasteiger partial charge is 0.334 e. The van der Waals surface area contributed by atoms with Crippen LogP contribution in [0.15, 0.2) is 11.6 Å². The van der Waals surface area contributed by atoms with Gasteiger partial charge in [-0.25, -0.2) is 4.79 Å². The van der Waals surface area contributed by atoms with Gasteiger partial charge in [-0.05, 0) is 57.9 Å². The average Bonchev–Trinajstić information content (AvgIpc) is 3.70. The number of ether oxygens (including phenoxy) is 3. The molecule has 0 radical (unpaired) electrons. The monoisotopic (exact) mass is 592 g/mol. The lowest BCUT2D eigenvalue weighted by atomic mass is 9.99. The lowest BCUT2D eigenvalue weighted by Gasteiger charge is -2.22. The molecule has 0 aromatic heterocycles. The minimum absolute atomic E-state index is 0.00776. The molecule has 3 heterocycles. The van der Waals surface area contributed by atoms with Gasteiger partial charge in [0.2, 0.25) is 0 Å². The normalized spacial score (nSPS) is 27.3. The van der Waals surface area contributed by atoms with Gasteiger partial charge < -0.3 is 24.4 Å². The Morgan fingerprint density at radius 1 is 0.786 bits per heavy atom. The van der Waals surface area contributed by atoms with Crippen LogP contribution in [-0.2, 0) is 23.8 Å². The number of unbranched alkanes of at least 4 members (excludes halogenated alkanes) is 11. The van der Waals surface area contributed by atoms with Crippen molar-refractivity contribution in [3.8, 4) is 0 Å². The lowest BCUT2D eigenvalue weighted by Crippen LogP contribution is -2.31. The number of cyclic esters (lactones) is 1. The Morgan fingerprint density at radius 2 is 1.33 bits per heavy atom. The van der Waals surface area contributed by atoms with E-state index < -0.39 is 12.2 Å². The van der Waals surface area contributed by atoms with Crippen molar-refractivity contribution in [2.45, 2.75) is 198 Å². The van der Waals surface area contributed by atoms with Crippen molar-refractivity contribution >= 4 is 11.8 Å². The predicted octanol–water partition coefficient (Wildman–Crippen LogP) is 7.29. The number of esters is 1. The van der Waals surface area contributed by atoms with Crippen LogP contribution in [-0.4, -0.2) is 64.7 Å². The van der Waals surface area contributed by atoms with E-state index in [1.54, 1.807) is 0 Å². The van der Waals surface area contributed by atoms with Crippen LogP contribution in [0.3, 0.4) is 0 Å². The molecule has 0 spiro atoms. The van der Waals surface area contributed by atoms with Crippen LogP contribution in [0.25, 0.3) is 0 Å². The molecule has 7 atom stereocenters. The highest BCUT2D eigenvalue weighted by molar-refractivity contribution is 5.90. The first-order chi connectivity index (χ1) is 20.4. The molecule has 3 aliphatic rings. The van der Waals surface area contributed by atoms with Gasteiger partial charge in [0.25, 0.3) is 0 Å². The Hall–Kier alpha value is -1.28. The van der Waals surface area contributed by atoms with E-state index in [0.717, 1.165) is 57.8 Å². The van der Waals surface area contributed by atoms with E-state index in [9.17, 15) is 19.8 Å². The lowest BCUT2D eigenvalue weighted by molar-refractivity contribution is -0.139. The maximum Gasteiger partial charge on any atom is 0.334 e. The molecule has 0 unspecified atom stereocenters. The first kappa shape index (κ1) is 35.2. The Morgan fingerprint density at radius 3 is 1.90 bits per heavy atom. The number of aliphatic hydroxyl groups excluding tert-OH is 2. The van der Waals surface area contributed by atoms with Crippen LogP contribution in [0.4, 0.5) is 0 Å². The summed E-state index contributed by atoms with van der Waals surface area (Å²) in [7, 11) is 0. The quantitative estimate of drug-likeness (QED) is 0.0949. The molecule has 3 rings (SSSR count). The van der Waals surface area contributed by atoms with Gasteiger partial charge in [0, 0.05) is 24.8 Å². The zero-order valence-electron chi connectivity index (χ0n) is 26.6. The van der Waals surface area contributed by atoms with Gasteiger partial charge in [-0.2, -0.15) is 0 Å². The number of ketones is 1. The van der Waals surface area contributed by atoms with Crippen molar-refractivity contribution in [3.63, 3.8) is 0 Å². The number of aliphatic hydroxyl groups is 2. The van der Waals surface area contributed by atoms with Gasteiger partial charge in [-0.1, -0.05) is 84.0 Å². The van der Waals surface area contributed by atoms with Gasteiger partial charge in [-0.15, -0.1) is 0 Å². The second-order valence-corrected chi connectivity index (χ2v) is 13.2. The molecule has 0 aromatic rings. The van der Waals surface area contributed by atoms with Crippen LogP contribution in [0.2, 0.25) is 0 Å². The van der Waals surface area contributed by atoms with Gasteiger partial charge in [0.15, 0.2) is 0 Å². The van der Waals surface area contributed by atoms with Crippen molar-refractivity contribution < 1.29 is 34.0 Å². The fourth-order valence-electron chi connectivity index (χ4n) is 6.78. The summed E-state index contributed by atoms with van der Waals surface area (Å²) in [6, 6.07) is 0. The average molecular weight is 593 g/mol. The van der Waals surface area contributed by atoms with Crippen molar-refractivity contribution in [1.82, 2.24) is 0 Å². The van der Waals surface area contributed by atoms with Crippen LogP contribution in [0, 0.1) is 0 Å². The number of carbonyl (C=O) groups is 2. The third-order valence-electron chi connectivity index (χ3n) is 9.34. The summed E-state index contributed by atoms with van der Waals surface area (Å²) in [4.78, 5) is 24.3. The SMILES string of the molecule is CCCCCCCCCCCC[C@@H](O)[C@@H]1CC[C@@H]([C@@H](O)CCCCCC(=O)C[C@@H]2CC[C@@H](CC3=C[C@@H](C)OC3=O)O2)O1. The highest BCUT2D eigenvalue weighted by Crippen LogP contribution is 2.30. The molecule has 0 aromatic carbocycles. The Labute approximate surface area is 255 Å². The van der Waals surface area contributed by atoms with Crippen LogP contribution < -0.4 is 0 Å². The summed E-state index contributed by atoms with van der Waals surface area (Å²) in [5.41, 5.74) is 0.695. The summed E-state index contributed by atoms with van der Waals surface area (Å²) in [5.74, 6) is -0.0140. The van der Waals surface area contributed by atoms with Crippen LogP contribution in [0.1, 0.15) is 155 Å². The van der Waals surface area contributed by atoms with Gasteiger partial charge >= 0.3 is 5.97 Å². The van der Waals surface area contributed by atoms with E-state index in [2.05, 4.69) is 6.92 Å². The fourth-order valence-corrected chi connectivity index (χ4v) is 6.78. The van der Waals surface area contributed by atoms with Crippen LogP contribution in [0.5, 0.6) is 0 Å². The molecule has 2 fully saturated rings. The Kier molecular flexibility index (Phi) is 16.7. The Balaban J connectivity index is 1.15. The first-order valence-electron chi connectivity index (χ1n) is 17.5. The molecule has 0 amide bonds. The molecule has 0 aliphatic carbocycles. The molecule has 2 saturated heterocycles. The third-order valence-corrected chi connectivity index (χ3v) is 9.34. The third kappa shape index (κ3) is 13.2. The second-order valence-electron chi connectivity index (χ2n) is 13.2. The van der Waals surface area contributed by atoms with E-state index in [4.69, 9.17) is 14.2 Å². The van der Waals surface area contributed by atoms with Crippen molar-refractivity contribution in [2.75, 3.05) is 0 Å². The number of rotatable bonds is 23. The van der Waals surface area contributed by atoms with Crippen LogP contribution >= 0.6 is 0 Å². The molecule has 7 heteroatoms. The number of carbonyl (C=O) groups excluding carboxylic acids is 2.